The van der Waals surface area contributed by atoms with E-state index in [1.54, 1.807) is 13.8 Å². The fourth-order valence-corrected chi connectivity index (χ4v) is 2.59. The molecule has 0 aliphatic heterocycles. The zero-order valence-electron chi connectivity index (χ0n) is 8.73. The quantitative estimate of drug-likeness (QED) is 0.734. The van der Waals surface area contributed by atoms with Crippen LogP contribution in [0.25, 0.3) is 0 Å². The molecule has 0 aromatic rings. The van der Waals surface area contributed by atoms with Gasteiger partial charge in [-0.15, -0.1) is 0 Å². The van der Waals surface area contributed by atoms with Crippen LogP contribution in [0.4, 0.5) is 0 Å². The molecule has 1 rings (SSSR count). The number of aliphatic hydroxyl groups is 1. The highest BCUT2D eigenvalue weighted by Crippen LogP contribution is 2.19. The first-order valence-corrected chi connectivity index (χ1v) is 6.65. The van der Waals surface area contributed by atoms with Crippen LogP contribution in [0.15, 0.2) is 0 Å². The molecule has 0 spiro atoms. The third-order valence-corrected chi connectivity index (χ3v) is 4.50. The van der Waals surface area contributed by atoms with E-state index in [2.05, 4.69) is 4.72 Å². The highest BCUT2D eigenvalue weighted by atomic mass is 32.2. The summed E-state index contributed by atoms with van der Waals surface area (Å²) in [6.45, 7) is 3.31. The lowest BCUT2D eigenvalue weighted by Gasteiger charge is -2.27. The minimum absolute atomic E-state index is 0.0776. The van der Waals surface area contributed by atoms with E-state index in [9.17, 15) is 13.5 Å². The predicted molar refractivity (Wildman–Crippen MR) is 55.5 cm³/mol. The predicted octanol–water partition coefficient (Wildman–Crippen LogP) is 0.618. The summed E-state index contributed by atoms with van der Waals surface area (Å²) < 4.78 is 25.7. The van der Waals surface area contributed by atoms with E-state index in [1.807, 2.05) is 0 Å². The smallest absolute Gasteiger partial charge is 0.214 e. The highest BCUT2D eigenvalue weighted by molar-refractivity contribution is 7.90. The fraction of sp³-hybridized carbons (Fsp3) is 1.00. The summed E-state index contributed by atoms with van der Waals surface area (Å²) in [4.78, 5) is 0. The second kappa shape index (κ2) is 4.59. The molecule has 0 amide bonds. The highest BCUT2D eigenvalue weighted by Gasteiger charge is 2.25. The zero-order valence-corrected chi connectivity index (χ0v) is 9.55. The SMILES string of the molecule is CC(C)S(=O)(=O)NC1CCCC(O)C1. The average Bonchev–Trinajstić information content (AvgIpc) is 2.02. The van der Waals surface area contributed by atoms with Crippen molar-refractivity contribution in [3.63, 3.8) is 0 Å². The van der Waals surface area contributed by atoms with Crippen molar-refractivity contribution in [2.24, 2.45) is 0 Å². The number of sulfonamides is 1. The van der Waals surface area contributed by atoms with Gasteiger partial charge < -0.3 is 5.11 Å². The van der Waals surface area contributed by atoms with Crippen molar-refractivity contribution < 1.29 is 13.5 Å². The largest absolute Gasteiger partial charge is 0.393 e. The van der Waals surface area contributed by atoms with Crippen molar-refractivity contribution in [1.82, 2.24) is 4.72 Å². The molecule has 2 unspecified atom stereocenters. The van der Waals surface area contributed by atoms with Crippen LogP contribution in [0.2, 0.25) is 0 Å². The Bertz CT molecular complexity index is 274. The molecule has 84 valence electrons. The summed E-state index contributed by atoms with van der Waals surface area (Å²) in [5, 5.41) is 8.98. The first-order chi connectivity index (χ1) is 6.42. The van der Waals surface area contributed by atoms with Gasteiger partial charge in [0.1, 0.15) is 0 Å². The summed E-state index contributed by atoms with van der Waals surface area (Å²) in [7, 11) is -3.18. The minimum atomic E-state index is -3.18. The van der Waals surface area contributed by atoms with Crippen molar-refractivity contribution in [2.75, 3.05) is 0 Å². The fourth-order valence-electron chi connectivity index (χ4n) is 1.64. The molecule has 2 N–H and O–H groups in total. The Morgan fingerprint density at radius 1 is 1.36 bits per heavy atom. The van der Waals surface area contributed by atoms with Crippen LogP contribution in [0.5, 0.6) is 0 Å². The number of hydrogen-bond donors (Lipinski definition) is 2. The van der Waals surface area contributed by atoms with E-state index in [1.165, 1.54) is 0 Å². The molecule has 4 nitrogen and oxygen atoms in total. The van der Waals surface area contributed by atoms with Gasteiger partial charge in [0.15, 0.2) is 0 Å². The van der Waals surface area contributed by atoms with Gasteiger partial charge in [0.25, 0.3) is 0 Å². The van der Waals surface area contributed by atoms with E-state index in [0.29, 0.717) is 6.42 Å². The third-order valence-electron chi connectivity index (χ3n) is 2.60. The van der Waals surface area contributed by atoms with Gasteiger partial charge in [0.05, 0.1) is 11.4 Å². The Hall–Kier alpha value is -0.130. The van der Waals surface area contributed by atoms with Gasteiger partial charge in [0, 0.05) is 6.04 Å². The Kier molecular flexibility index (Phi) is 3.92. The number of aliphatic hydroxyl groups excluding tert-OH is 1. The number of nitrogens with one attached hydrogen (secondary N) is 1. The molecule has 0 saturated heterocycles. The number of rotatable bonds is 3. The lowest BCUT2D eigenvalue weighted by molar-refractivity contribution is 0.117. The topological polar surface area (TPSA) is 66.4 Å². The van der Waals surface area contributed by atoms with Crippen molar-refractivity contribution in [2.45, 2.75) is 56.9 Å². The van der Waals surface area contributed by atoms with Gasteiger partial charge in [0.2, 0.25) is 10.0 Å². The minimum Gasteiger partial charge on any atom is -0.393 e. The lowest BCUT2D eigenvalue weighted by atomic mass is 9.94. The maximum Gasteiger partial charge on any atom is 0.214 e. The molecule has 1 aliphatic rings. The maximum absolute atomic E-state index is 11.5. The Morgan fingerprint density at radius 3 is 2.50 bits per heavy atom. The van der Waals surface area contributed by atoms with Crippen LogP contribution < -0.4 is 4.72 Å². The zero-order chi connectivity index (χ0) is 10.8. The standard InChI is InChI=1S/C9H19NO3S/c1-7(2)14(12,13)10-8-4-3-5-9(11)6-8/h7-11H,3-6H2,1-2H3. The molecule has 0 aromatic carbocycles. The van der Waals surface area contributed by atoms with Crippen LogP contribution in [0.3, 0.4) is 0 Å². The summed E-state index contributed by atoms with van der Waals surface area (Å²) >= 11 is 0. The van der Waals surface area contributed by atoms with E-state index >= 15 is 0 Å². The second-order valence-corrected chi connectivity index (χ2v) is 6.50. The molecule has 0 heterocycles. The van der Waals surface area contributed by atoms with Gasteiger partial charge in [-0.1, -0.05) is 0 Å². The Labute approximate surface area is 85.8 Å². The maximum atomic E-state index is 11.5. The van der Waals surface area contributed by atoms with Crippen LogP contribution in [-0.2, 0) is 10.0 Å². The molecule has 0 aromatic heterocycles. The molecule has 5 heteroatoms. The average molecular weight is 221 g/mol. The van der Waals surface area contributed by atoms with Crippen molar-refractivity contribution in [1.29, 1.82) is 0 Å². The van der Waals surface area contributed by atoms with Gasteiger partial charge in [-0.05, 0) is 39.5 Å². The van der Waals surface area contributed by atoms with Crippen LogP contribution >= 0.6 is 0 Å². The van der Waals surface area contributed by atoms with Crippen molar-refractivity contribution in [3.8, 4) is 0 Å². The number of hydrogen-bond acceptors (Lipinski definition) is 3. The van der Waals surface area contributed by atoms with Crippen LogP contribution in [-0.4, -0.2) is 30.9 Å². The van der Waals surface area contributed by atoms with E-state index in [-0.39, 0.29) is 12.1 Å². The molecular formula is C9H19NO3S. The normalized spacial score (nSPS) is 29.4. The molecule has 1 fully saturated rings. The van der Waals surface area contributed by atoms with E-state index in [0.717, 1.165) is 19.3 Å². The third kappa shape index (κ3) is 3.22. The monoisotopic (exact) mass is 221 g/mol. The second-order valence-electron chi connectivity index (χ2n) is 4.23. The first kappa shape index (κ1) is 11.9. The van der Waals surface area contributed by atoms with Crippen LogP contribution in [0, 0.1) is 0 Å². The summed E-state index contributed by atoms with van der Waals surface area (Å²) in [6, 6.07) is -0.0776. The Balaban J connectivity index is 2.52. The molecule has 0 bridgehead atoms. The van der Waals surface area contributed by atoms with Crippen molar-refractivity contribution >= 4 is 10.0 Å². The Morgan fingerprint density at radius 2 is 2.00 bits per heavy atom. The molecule has 1 saturated carbocycles. The van der Waals surface area contributed by atoms with E-state index < -0.39 is 15.3 Å². The molecular weight excluding hydrogens is 202 g/mol. The van der Waals surface area contributed by atoms with Gasteiger partial charge in [-0.25, -0.2) is 13.1 Å². The molecule has 1 aliphatic carbocycles. The van der Waals surface area contributed by atoms with E-state index in [4.69, 9.17) is 0 Å². The summed E-state index contributed by atoms with van der Waals surface area (Å²) in [5.74, 6) is 0. The first-order valence-electron chi connectivity index (χ1n) is 5.11. The summed E-state index contributed by atoms with van der Waals surface area (Å²) in [5.41, 5.74) is 0. The van der Waals surface area contributed by atoms with Gasteiger partial charge >= 0.3 is 0 Å². The molecule has 2 atom stereocenters. The van der Waals surface area contributed by atoms with Crippen LogP contribution in [0.1, 0.15) is 39.5 Å². The lowest BCUT2D eigenvalue weighted by Crippen LogP contribution is -2.42. The molecule has 14 heavy (non-hydrogen) atoms. The molecule has 0 radical (unpaired) electrons. The van der Waals surface area contributed by atoms with Crippen molar-refractivity contribution in [3.05, 3.63) is 0 Å². The van der Waals surface area contributed by atoms with Gasteiger partial charge in [-0.3, -0.25) is 0 Å². The summed E-state index contributed by atoms with van der Waals surface area (Å²) in [6.07, 6.45) is 2.73. The van der Waals surface area contributed by atoms with Gasteiger partial charge in [-0.2, -0.15) is 0 Å².